The Kier molecular flexibility index (Phi) is 4.47. The van der Waals surface area contributed by atoms with Gasteiger partial charge in [0, 0.05) is 17.2 Å². The summed E-state index contributed by atoms with van der Waals surface area (Å²) in [4.78, 5) is 3.34. The molecule has 0 bridgehead atoms. The predicted molar refractivity (Wildman–Crippen MR) is 63.9 cm³/mol. The Morgan fingerprint density at radius 2 is 2.06 bits per heavy atom. The van der Waals surface area contributed by atoms with E-state index in [1.165, 1.54) is 0 Å². The summed E-state index contributed by atoms with van der Waals surface area (Å²) < 4.78 is 5.56. The number of nitrogens with zero attached hydrogens (tertiary/aromatic N) is 2. The van der Waals surface area contributed by atoms with Gasteiger partial charge in [0.1, 0.15) is 0 Å². The lowest BCUT2D eigenvalue weighted by molar-refractivity contribution is -0.00940. The molecule has 0 saturated carbocycles. The quantitative estimate of drug-likeness (QED) is 0.582. The lowest BCUT2D eigenvalue weighted by Crippen LogP contribution is -2.30. The molecule has 1 rings (SSSR count). The van der Waals surface area contributed by atoms with Crippen molar-refractivity contribution in [3.8, 4) is 0 Å². The second kappa shape index (κ2) is 5.64. The third-order valence-corrected chi connectivity index (χ3v) is 2.74. The summed E-state index contributed by atoms with van der Waals surface area (Å²) in [6.07, 6.45) is 3.51. The summed E-state index contributed by atoms with van der Waals surface area (Å²) >= 11 is 0. The van der Waals surface area contributed by atoms with Crippen LogP contribution in [0.25, 0.3) is 5.53 Å². The number of ether oxygens (including phenoxy) is 1. The van der Waals surface area contributed by atoms with Crippen LogP contribution in [0, 0.1) is 0 Å². The fourth-order valence-electron chi connectivity index (χ4n) is 1.94. The van der Waals surface area contributed by atoms with Gasteiger partial charge in [0.25, 0.3) is 0 Å². The highest BCUT2D eigenvalue weighted by Gasteiger charge is 2.31. The summed E-state index contributed by atoms with van der Waals surface area (Å²) in [6, 6.07) is -0.132. The lowest BCUT2D eigenvalue weighted by Gasteiger charge is -2.21. The van der Waals surface area contributed by atoms with Gasteiger partial charge in [-0.2, -0.15) is 4.79 Å². The molecule has 0 aromatic carbocycles. The zero-order valence-corrected chi connectivity index (χ0v) is 10.2. The van der Waals surface area contributed by atoms with Gasteiger partial charge in [-0.1, -0.05) is 19.9 Å². The molecule has 0 spiro atoms. The first-order chi connectivity index (χ1) is 7.69. The van der Waals surface area contributed by atoms with E-state index in [0.29, 0.717) is 18.1 Å². The first-order valence-electron chi connectivity index (χ1n) is 5.74. The van der Waals surface area contributed by atoms with Crippen molar-refractivity contribution in [1.29, 1.82) is 0 Å². The second-order valence-electron chi connectivity index (χ2n) is 3.66. The Hall–Kier alpha value is -1.38. The van der Waals surface area contributed by atoms with Crippen LogP contribution in [-0.2, 0) is 4.74 Å². The van der Waals surface area contributed by atoms with Crippen molar-refractivity contribution in [2.24, 2.45) is 5.73 Å². The molecule has 0 fully saturated rings. The molecule has 4 heteroatoms. The maximum absolute atomic E-state index is 9.08. The molecule has 0 amide bonds. The topological polar surface area (TPSA) is 71.7 Å². The summed E-state index contributed by atoms with van der Waals surface area (Å²) in [5.74, 6) is 0.652. The zero-order chi connectivity index (χ0) is 12.1. The van der Waals surface area contributed by atoms with Gasteiger partial charge in [-0.05, 0) is 19.8 Å². The molecule has 1 unspecified atom stereocenters. The highest BCUT2D eigenvalue weighted by molar-refractivity contribution is 6.09. The summed E-state index contributed by atoms with van der Waals surface area (Å²) in [6.45, 7) is 6.48. The fourth-order valence-corrected chi connectivity index (χ4v) is 1.94. The van der Waals surface area contributed by atoms with Gasteiger partial charge in [-0.15, -0.1) is 0 Å². The molecule has 16 heavy (non-hydrogen) atoms. The predicted octanol–water partition coefficient (Wildman–Crippen LogP) is 2.04. The van der Waals surface area contributed by atoms with E-state index in [0.717, 1.165) is 24.0 Å². The van der Waals surface area contributed by atoms with E-state index < -0.39 is 0 Å². The number of hydrogen-bond acceptors (Lipinski definition) is 2. The maximum atomic E-state index is 9.08. The number of allylic oxidation sites excluding steroid dienone is 1. The van der Waals surface area contributed by atoms with Gasteiger partial charge in [0.2, 0.25) is 5.76 Å². The van der Waals surface area contributed by atoms with E-state index in [1.807, 2.05) is 26.8 Å². The Balaban J connectivity index is 3.24. The van der Waals surface area contributed by atoms with Crippen LogP contribution in [0.15, 0.2) is 23.0 Å². The third kappa shape index (κ3) is 2.23. The largest absolute Gasteiger partial charge is 0.486 e. The Morgan fingerprint density at radius 3 is 2.50 bits per heavy atom. The summed E-state index contributed by atoms with van der Waals surface area (Å²) in [7, 11) is 0. The smallest absolute Gasteiger partial charge is 0.359 e. The molecular formula is C12H19N3O. The van der Waals surface area contributed by atoms with Crippen LogP contribution in [0.5, 0.6) is 0 Å². The van der Waals surface area contributed by atoms with Gasteiger partial charge in [0.15, 0.2) is 0 Å². The van der Waals surface area contributed by atoms with Crippen LogP contribution >= 0.6 is 0 Å². The highest BCUT2D eigenvalue weighted by atomic mass is 16.5. The van der Waals surface area contributed by atoms with Gasteiger partial charge in [0.05, 0.1) is 6.61 Å². The minimum Gasteiger partial charge on any atom is -0.486 e. The molecule has 0 aromatic heterocycles. The van der Waals surface area contributed by atoms with Crippen LogP contribution in [0.2, 0.25) is 0 Å². The zero-order valence-electron chi connectivity index (χ0n) is 10.2. The Labute approximate surface area is 96.4 Å². The molecule has 0 saturated heterocycles. The Morgan fingerprint density at radius 1 is 1.38 bits per heavy atom. The van der Waals surface area contributed by atoms with Crippen molar-refractivity contribution >= 4 is 5.71 Å². The van der Waals surface area contributed by atoms with Gasteiger partial charge in [-0.3, -0.25) is 0 Å². The molecule has 4 nitrogen and oxygen atoms in total. The molecule has 0 radical (unpaired) electrons. The van der Waals surface area contributed by atoms with E-state index in [1.54, 1.807) is 0 Å². The molecule has 1 atom stereocenters. The van der Waals surface area contributed by atoms with Crippen molar-refractivity contribution in [2.75, 3.05) is 6.61 Å². The van der Waals surface area contributed by atoms with Crippen LogP contribution < -0.4 is 5.73 Å². The van der Waals surface area contributed by atoms with E-state index in [4.69, 9.17) is 16.0 Å². The number of hydrogen-bond donors (Lipinski definition) is 1. The third-order valence-electron chi connectivity index (χ3n) is 2.74. The van der Waals surface area contributed by atoms with Crippen LogP contribution in [-0.4, -0.2) is 23.2 Å². The van der Waals surface area contributed by atoms with Gasteiger partial charge >= 0.3 is 5.71 Å². The molecule has 0 aromatic rings. The first kappa shape index (κ1) is 12.7. The average molecular weight is 221 g/mol. The van der Waals surface area contributed by atoms with E-state index in [9.17, 15) is 0 Å². The molecule has 2 N–H and O–H groups in total. The van der Waals surface area contributed by atoms with Gasteiger partial charge in [-0.25, -0.2) is 0 Å². The minimum atomic E-state index is -0.132. The number of nitrogens with two attached hydrogens (primary N) is 1. The van der Waals surface area contributed by atoms with E-state index in [2.05, 4.69) is 4.79 Å². The minimum absolute atomic E-state index is 0.132. The van der Waals surface area contributed by atoms with Crippen molar-refractivity contribution in [3.63, 3.8) is 0 Å². The molecule has 88 valence electrons. The van der Waals surface area contributed by atoms with Gasteiger partial charge < -0.3 is 16.0 Å². The molecular weight excluding hydrogens is 202 g/mol. The molecule has 1 aliphatic carbocycles. The van der Waals surface area contributed by atoms with Crippen molar-refractivity contribution in [3.05, 3.63) is 28.5 Å². The van der Waals surface area contributed by atoms with Crippen molar-refractivity contribution < 1.29 is 9.53 Å². The van der Waals surface area contributed by atoms with Crippen molar-refractivity contribution in [1.82, 2.24) is 0 Å². The SMILES string of the molecule is CCOC1=C(CC)C(N)C=C(CC)C1=[N+]=[N-]. The fraction of sp³-hybridized carbons (Fsp3) is 0.583. The molecule has 0 aliphatic heterocycles. The lowest BCUT2D eigenvalue weighted by atomic mass is 9.89. The summed E-state index contributed by atoms with van der Waals surface area (Å²) in [5, 5.41) is 0. The van der Waals surface area contributed by atoms with Crippen LogP contribution in [0.3, 0.4) is 0 Å². The second-order valence-corrected chi connectivity index (χ2v) is 3.66. The van der Waals surface area contributed by atoms with E-state index >= 15 is 0 Å². The highest BCUT2D eigenvalue weighted by Crippen LogP contribution is 2.25. The normalized spacial score (nSPS) is 20.6. The maximum Gasteiger partial charge on any atom is 0.359 e. The summed E-state index contributed by atoms with van der Waals surface area (Å²) in [5.41, 5.74) is 17.6. The molecule has 1 aliphatic rings. The number of rotatable bonds is 4. The van der Waals surface area contributed by atoms with Crippen molar-refractivity contribution in [2.45, 2.75) is 39.7 Å². The monoisotopic (exact) mass is 221 g/mol. The van der Waals surface area contributed by atoms with Crippen LogP contribution in [0.1, 0.15) is 33.6 Å². The first-order valence-corrected chi connectivity index (χ1v) is 5.74. The van der Waals surface area contributed by atoms with E-state index in [-0.39, 0.29) is 6.04 Å². The Bertz CT molecular complexity index is 376. The standard InChI is InChI=1S/C12H19N3O/c1-4-8-7-10(13)9(5-2)12(16-6-3)11(8)15-14/h7,10H,4-6,13H2,1-3H3. The average Bonchev–Trinajstić information content (AvgIpc) is 2.29. The molecule has 0 heterocycles. The van der Waals surface area contributed by atoms with Crippen LogP contribution in [0.4, 0.5) is 0 Å².